The SMILES string of the molecule is Cc1cc(-c2cc(Cl)ccc2F)nc(N)n1. The van der Waals surface area contributed by atoms with Gasteiger partial charge in [-0.25, -0.2) is 14.4 Å². The zero-order chi connectivity index (χ0) is 11.7. The molecule has 1 aromatic carbocycles. The summed E-state index contributed by atoms with van der Waals surface area (Å²) in [4.78, 5) is 7.90. The van der Waals surface area contributed by atoms with Crippen molar-refractivity contribution in [2.24, 2.45) is 0 Å². The van der Waals surface area contributed by atoms with Crippen LogP contribution in [0.1, 0.15) is 5.69 Å². The van der Waals surface area contributed by atoms with Gasteiger partial charge in [0.15, 0.2) is 0 Å². The molecule has 0 atom stereocenters. The maximum absolute atomic E-state index is 13.6. The smallest absolute Gasteiger partial charge is 0.220 e. The molecule has 0 amide bonds. The largest absolute Gasteiger partial charge is 0.368 e. The van der Waals surface area contributed by atoms with Gasteiger partial charge in [0.2, 0.25) is 5.95 Å². The third-order valence-corrected chi connectivity index (χ3v) is 2.31. The lowest BCUT2D eigenvalue weighted by Gasteiger charge is -2.05. The minimum absolute atomic E-state index is 0.120. The summed E-state index contributed by atoms with van der Waals surface area (Å²) in [7, 11) is 0. The number of rotatable bonds is 1. The van der Waals surface area contributed by atoms with E-state index in [4.69, 9.17) is 17.3 Å². The summed E-state index contributed by atoms with van der Waals surface area (Å²) in [5.41, 5.74) is 6.95. The molecule has 0 aliphatic heterocycles. The van der Waals surface area contributed by atoms with Gasteiger partial charge in [-0.15, -0.1) is 0 Å². The molecule has 0 saturated carbocycles. The number of halogens is 2. The van der Waals surface area contributed by atoms with Gasteiger partial charge in [0.1, 0.15) is 5.82 Å². The normalized spacial score (nSPS) is 10.4. The number of hydrogen-bond acceptors (Lipinski definition) is 3. The Morgan fingerprint density at radius 2 is 2.00 bits per heavy atom. The fourth-order valence-corrected chi connectivity index (χ4v) is 1.60. The van der Waals surface area contributed by atoms with Gasteiger partial charge in [-0.1, -0.05) is 11.6 Å². The first-order valence-electron chi connectivity index (χ1n) is 4.63. The average Bonchev–Trinajstić information content (AvgIpc) is 2.20. The highest BCUT2D eigenvalue weighted by atomic mass is 35.5. The summed E-state index contributed by atoms with van der Waals surface area (Å²) in [6.45, 7) is 1.77. The fraction of sp³-hybridized carbons (Fsp3) is 0.0909. The summed E-state index contributed by atoms with van der Waals surface area (Å²) < 4.78 is 13.6. The van der Waals surface area contributed by atoms with Crippen LogP contribution in [-0.2, 0) is 0 Å². The number of nitrogen functional groups attached to an aromatic ring is 1. The summed E-state index contributed by atoms with van der Waals surface area (Å²) in [5.74, 6) is -0.267. The van der Waals surface area contributed by atoms with Crippen molar-refractivity contribution in [3.8, 4) is 11.3 Å². The van der Waals surface area contributed by atoms with Crippen LogP contribution in [0.15, 0.2) is 24.3 Å². The number of anilines is 1. The highest BCUT2D eigenvalue weighted by Gasteiger charge is 2.08. The number of nitrogens with zero attached hydrogens (tertiary/aromatic N) is 2. The second-order valence-electron chi connectivity index (χ2n) is 3.38. The van der Waals surface area contributed by atoms with E-state index >= 15 is 0 Å². The van der Waals surface area contributed by atoms with Crippen molar-refractivity contribution in [1.29, 1.82) is 0 Å². The van der Waals surface area contributed by atoms with Gasteiger partial charge in [0.25, 0.3) is 0 Å². The Kier molecular flexibility index (Phi) is 2.75. The standard InChI is InChI=1S/C11H9ClFN3/c1-6-4-10(16-11(14)15-6)8-5-7(12)2-3-9(8)13/h2-5H,1H3,(H2,14,15,16). The second kappa shape index (κ2) is 4.06. The van der Waals surface area contributed by atoms with Gasteiger partial charge in [-0.3, -0.25) is 0 Å². The minimum Gasteiger partial charge on any atom is -0.368 e. The van der Waals surface area contributed by atoms with E-state index in [9.17, 15) is 4.39 Å². The molecule has 0 fully saturated rings. The van der Waals surface area contributed by atoms with Crippen molar-refractivity contribution in [3.05, 3.63) is 40.8 Å². The molecule has 0 aliphatic carbocycles. The number of aryl methyl sites for hydroxylation is 1. The van der Waals surface area contributed by atoms with E-state index in [1.807, 2.05) is 0 Å². The lowest BCUT2D eigenvalue weighted by Crippen LogP contribution is -1.99. The van der Waals surface area contributed by atoms with Crippen molar-refractivity contribution in [3.63, 3.8) is 0 Å². The Labute approximate surface area is 97.1 Å². The van der Waals surface area contributed by atoms with Crippen LogP contribution < -0.4 is 5.73 Å². The molecule has 0 unspecified atom stereocenters. The van der Waals surface area contributed by atoms with Crippen molar-refractivity contribution in [2.75, 3.05) is 5.73 Å². The van der Waals surface area contributed by atoms with E-state index in [1.54, 1.807) is 13.0 Å². The number of aromatic nitrogens is 2. The lowest BCUT2D eigenvalue weighted by atomic mass is 10.1. The fourth-order valence-electron chi connectivity index (χ4n) is 1.42. The van der Waals surface area contributed by atoms with Gasteiger partial charge >= 0.3 is 0 Å². The molecule has 0 aliphatic rings. The minimum atomic E-state index is -0.387. The van der Waals surface area contributed by atoms with E-state index in [0.717, 1.165) is 0 Å². The summed E-state index contributed by atoms with van der Waals surface area (Å²) in [6.07, 6.45) is 0. The Morgan fingerprint density at radius 1 is 1.25 bits per heavy atom. The molecule has 0 bridgehead atoms. The van der Waals surface area contributed by atoms with Crippen LogP contribution in [0.3, 0.4) is 0 Å². The summed E-state index contributed by atoms with van der Waals surface area (Å²) >= 11 is 5.80. The van der Waals surface area contributed by atoms with Gasteiger partial charge in [-0.2, -0.15) is 0 Å². The monoisotopic (exact) mass is 237 g/mol. The molecular formula is C11H9ClFN3. The van der Waals surface area contributed by atoms with Gasteiger partial charge in [0.05, 0.1) is 5.69 Å². The Bertz CT molecular complexity index is 522. The van der Waals surface area contributed by atoms with Crippen molar-refractivity contribution in [1.82, 2.24) is 9.97 Å². The van der Waals surface area contributed by atoms with Crippen LogP contribution in [0.5, 0.6) is 0 Å². The van der Waals surface area contributed by atoms with Crippen molar-refractivity contribution < 1.29 is 4.39 Å². The number of hydrogen-bond donors (Lipinski definition) is 1. The van der Waals surface area contributed by atoms with Crippen LogP contribution in [0, 0.1) is 12.7 Å². The summed E-state index contributed by atoms with van der Waals surface area (Å²) in [6, 6.07) is 5.95. The predicted octanol–water partition coefficient (Wildman–Crippen LogP) is 2.83. The van der Waals surface area contributed by atoms with Crippen LogP contribution in [0.4, 0.5) is 10.3 Å². The van der Waals surface area contributed by atoms with E-state index in [0.29, 0.717) is 22.0 Å². The van der Waals surface area contributed by atoms with Gasteiger partial charge in [-0.05, 0) is 31.2 Å². The van der Waals surface area contributed by atoms with E-state index in [-0.39, 0.29) is 11.8 Å². The third kappa shape index (κ3) is 2.12. The Hall–Kier alpha value is -1.68. The zero-order valence-corrected chi connectivity index (χ0v) is 9.29. The molecule has 5 heteroatoms. The molecule has 82 valence electrons. The maximum atomic E-state index is 13.6. The molecule has 1 heterocycles. The predicted molar refractivity (Wildman–Crippen MR) is 61.6 cm³/mol. The molecular weight excluding hydrogens is 229 g/mol. The zero-order valence-electron chi connectivity index (χ0n) is 8.54. The molecule has 0 saturated heterocycles. The third-order valence-electron chi connectivity index (χ3n) is 2.08. The highest BCUT2D eigenvalue weighted by molar-refractivity contribution is 6.30. The molecule has 3 nitrogen and oxygen atoms in total. The quantitative estimate of drug-likeness (QED) is 0.830. The topological polar surface area (TPSA) is 51.8 Å². The van der Waals surface area contributed by atoms with E-state index < -0.39 is 0 Å². The second-order valence-corrected chi connectivity index (χ2v) is 3.81. The Balaban J connectivity index is 2.62. The maximum Gasteiger partial charge on any atom is 0.220 e. The first kappa shape index (κ1) is 10.8. The highest BCUT2D eigenvalue weighted by Crippen LogP contribution is 2.25. The summed E-state index contributed by atoms with van der Waals surface area (Å²) in [5, 5.41) is 0.450. The molecule has 0 radical (unpaired) electrons. The van der Waals surface area contributed by atoms with Gasteiger partial charge in [0, 0.05) is 16.3 Å². The van der Waals surface area contributed by atoms with Crippen molar-refractivity contribution in [2.45, 2.75) is 6.92 Å². The average molecular weight is 238 g/mol. The first-order valence-corrected chi connectivity index (χ1v) is 5.00. The molecule has 2 rings (SSSR count). The van der Waals surface area contributed by atoms with Crippen molar-refractivity contribution >= 4 is 17.5 Å². The molecule has 16 heavy (non-hydrogen) atoms. The first-order chi connectivity index (χ1) is 7.56. The molecule has 1 aromatic heterocycles. The van der Waals surface area contributed by atoms with Crippen LogP contribution in [0.2, 0.25) is 5.02 Å². The van der Waals surface area contributed by atoms with E-state index in [2.05, 4.69) is 9.97 Å². The Morgan fingerprint density at radius 3 is 2.69 bits per heavy atom. The number of benzene rings is 1. The molecule has 2 N–H and O–H groups in total. The number of nitrogens with two attached hydrogens (primary N) is 1. The lowest BCUT2D eigenvalue weighted by molar-refractivity contribution is 0.630. The molecule has 0 spiro atoms. The van der Waals surface area contributed by atoms with E-state index in [1.165, 1.54) is 18.2 Å². The van der Waals surface area contributed by atoms with Crippen LogP contribution in [-0.4, -0.2) is 9.97 Å². The van der Waals surface area contributed by atoms with Crippen LogP contribution in [0.25, 0.3) is 11.3 Å². The van der Waals surface area contributed by atoms with Crippen LogP contribution >= 0.6 is 11.6 Å². The van der Waals surface area contributed by atoms with Gasteiger partial charge < -0.3 is 5.73 Å². The molecule has 2 aromatic rings.